The van der Waals surface area contributed by atoms with E-state index in [0.29, 0.717) is 12.1 Å². The van der Waals surface area contributed by atoms with Gasteiger partial charge in [0.1, 0.15) is 5.82 Å². The first-order chi connectivity index (χ1) is 12.6. The predicted molar refractivity (Wildman–Crippen MR) is 95.4 cm³/mol. The largest absolute Gasteiger partial charge is 0.365 e. The lowest BCUT2D eigenvalue weighted by Gasteiger charge is -2.13. The molecule has 3 rings (SSSR count). The van der Waals surface area contributed by atoms with Gasteiger partial charge in [-0.05, 0) is 30.3 Å². The highest BCUT2D eigenvalue weighted by Gasteiger charge is 2.16. The van der Waals surface area contributed by atoms with Crippen molar-refractivity contribution < 1.29 is 14.0 Å². The fourth-order valence-electron chi connectivity index (χ4n) is 2.36. The summed E-state index contributed by atoms with van der Waals surface area (Å²) < 4.78 is 14.1. The maximum atomic E-state index is 14.1. The Hall–Kier alpha value is -3.75. The van der Waals surface area contributed by atoms with Crippen molar-refractivity contribution in [3.05, 3.63) is 54.0 Å². The van der Waals surface area contributed by atoms with Gasteiger partial charge in [0.05, 0.1) is 17.7 Å². The number of nitrogens with two attached hydrogens (primary N) is 1. The molecule has 0 unspecified atom stereocenters. The number of amides is 2. The molecule has 0 aliphatic carbocycles. The minimum atomic E-state index is -0.820. The van der Waals surface area contributed by atoms with Crippen LogP contribution in [0.3, 0.4) is 0 Å². The number of carbonyl (C=O) groups excluding carboxylic acids is 2. The number of carbonyl (C=O) groups is 2. The molecule has 0 aliphatic rings. The van der Waals surface area contributed by atoms with Gasteiger partial charge < -0.3 is 21.7 Å². The number of anilines is 3. The van der Waals surface area contributed by atoms with Crippen molar-refractivity contribution in [2.75, 3.05) is 17.3 Å². The molecule has 2 aromatic heterocycles. The highest BCUT2D eigenvalue weighted by molar-refractivity contribution is 5.99. The van der Waals surface area contributed by atoms with E-state index in [9.17, 15) is 14.0 Å². The van der Waals surface area contributed by atoms with E-state index in [2.05, 4.69) is 25.9 Å². The van der Waals surface area contributed by atoms with Gasteiger partial charge in [0.25, 0.3) is 5.91 Å². The van der Waals surface area contributed by atoms with Crippen LogP contribution in [-0.2, 0) is 4.79 Å². The summed E-state index contributed by atoms with van der Waals surface area (Å²) in [5.41, 5.74) is 6.67. The first-order valence-corrected chi connectivity index (χ1v) is 7.61. The third kappa shape index (κ3) is 3.66. The third-order valence-corrected chi connectivity index (χ3v) is 3.55. The molecule has 132 valence electrons. The molecule has 26 heavy (non-hydrogen) atoms. The molecule has 0 bridgehead atoms. The maximum Gasteiger partial charge on any atom is 0.252 e. The second-order valence-electron chi connectivity index (χ2n) is 5.29. The molecule has 2 amide bonds. The van der Waals surface area contributed by atoms with Crippen LogP contribution >= 0.6 is 0 Å². The number of aromatic nitrogens is 2. The lowest BCUT2D eigenvalue weighted by molar-refractivity contribution is -0.109. The Morgan fingerprint density at radius 1 is 1.23 bits per heavy atom. The highest BCUT2D eigenvalue weighted by atomic mass is 19.1. The van der Waals surface area contributed by atoms with Crippen LogP contribution < -0.4 is 21.7 Å². The standard InChI is InChI=1S/C17H15FN6O2/c18-13-7-12(15(19)26)16(24-17(13)22-8-20-9-25)23-11-3-4-14-10(6-11)2-1-5-21-14/h1-7,9H,8H2,(H2,19,26)(H,20,25)(H2,22,23,24). The van der Waals surface area contributed by atoms with E-state index in [1.54, 1.807) is 24.4 Å². The van der Waals surface area contributed by atoms with Crippen LogP contribution in [0.5, 0.6) is 0 Å². The summed E-state index contributed by atoms with van der Waals surface area (Å²) in [5.74, 6) is -1.62. The van der Waals surface area contributed by atoms with Crippen LogP contribution in [0.25, 0.3) is 10.9 Å². The molecule has 0 aliphatic heterocycles. The van der Waals surface area contributed by atoms with Crippen molar-refractivity contribution in [3.63, 3.8) is 0 Å². The van der Waals surface area contributed by atoms with Crippen molar-refractivity contribution in [1.82, 2.24) is 15.3 Å². The molecule has 2 heterocycles. The van der Waals surface area contributed by atoms with Crippen LogP contribution in [0.1, 0.15) is 10.4 Å². The number of halogens is 1. The molecular weight excluding hydrogens is 339 g/mol. The number of hydrogen-bond donors (Lipinski definition) is 4. The van der Waals surface area contributed by atoms with Gasteiger partial charge in [-0.25, -0.2) is 9.37 Å². The minimum Gasteiger partial charge on any atom is -0.365 e. The number of rotatable bonds is 7. The maximum absolute atomic E-state index is 14.1. The summed E-state index contributed by atoms with van der Waals surface area (Å²) in [5, 5.41) is 8.79. The molecule has 0 fully saturated rings. The minimum absolute atomic E-state index is 0.0234. The zero-order valence-corrected chi connectivity index (χ0v) is 13.5. The molecule has 3 aromatic rings. The molecule has 0 atom stereocenters. The fourth-order valence-corrected chi connectivity index (χ4v) is 2.36. The van der Waals surface area contributed by atoms with Crippen molar-refractivity contribution in [2.24, 2.45) is 5.73 Å². The van der Waals surface area contributed by atoms with Crippen molar-refractivity contribution in [1.29, 1.82) is 0 Å². The van der Waals surface area contributed by atoms with Gasteiger partial charge in [0.2, 0.25) is 6.41 Å². The van der Waals surface area contributed by atoms with Crippen LogP contribution in [0, 0.1) is 5.82 Å². The van der Waals surface area contributed by atoms with E-state index in [1.165, 1.54) is 0 Å². The Bertz CT molecular complexity index is 979. The summed E-state index contributed by atoms with van der Waals surface area (Å²) in [7, 11) is 0. The molecule has 8 nitrogen and oxygen atoms in total. The van der Waals surface area contributed by atoms with E-state index in [4.69, 9.17) is 5.73 Å². The Balaban J connectivity index is 1.96. The number of fused-ring (bicyclic) bond motifs is 1. The van der Waals surface area contributed by atoms with Gasteiger partial charge in [-0.15, -0.1) is 0 Å². The number of pyridine rings is 2. The zero-order chi connectivity index (χ0) is 18.5. The number of benzene rings is 1. The van der Waals surface area contributed by atoms with Crippen LogP contribution in [0.15, 0.2) is 42.6 Å². The average molecular weight is 354 g/mol. The van der Waals surface area contributed by atoms with Gasteiger partial charge >= 0.3 is 0 Å². The summed E-state index contributed by atoms with van der Waals surface area (Å²) in [6, 6.07) is 10.1. The first-order valence-electron chi connectivity index (χ1n) is 7.61. The summed E-state index contributed by atoms with van der Waals surface area (Å²) >= 11 is 0. The molecule has 5 N–H and O–H groups in total. The second kappa shape index (κ2) is 7.43. The van der Waals surface area contributed by atoms with Gasteiger partial charge in [-0.3, -0.25) is 14.6 Å². The lowest BCUT2D eigenvalue weighted by atomic mass is 10.2. The van der Waals surface area contributed by atoms with E-state index in [-0.39, 0.29) is 23.9 Å². The van der Waals surface area contributed by atoms with E-state index < -0.39 is 11.7 Å². The molecule has 0 saturated heterocycles. The Labute approximate surface area is 147 Å². The average Bonchev–Trinajstić information content (AvgIpc) is 2.64. The highest BCUT2D eigenvalue weighted by Crippen LogP contribution is 2.25. The van der Waals surface area contributed by atoms with E-state index in [1.807, 2.05) is 12.1 Å². The zero-order valence-electron chi connectivity index (χ0n) is 13.5. The number of hydrogen-bond acceptors (Lipinski definition) is 6. The van der Waals surface area contributed by atoms with Gasteiger partial charge in [-0.2, -0.15) is 0 Å². The summed E-state index contributed by atoms with van der Waals surface area (Å²) in [4.78, 5) is 30.2. The monoisotopic (exact) mass is 354 g/mol. The molecule has 0 radical (unpaired) electrons. The second-order valence-corrected chi connectivity index (χ2v) is 5.29. The predicted octanol–water partition coefficient (Wildman–Crippen LogP) is 1.73. The fraction of sp³-hybridized carbons (Fsp3) is 0.0588. The SMILES string of the molecule is NC(=O)c1cc(F)c(NCNC=O)nc1Nc1ccc2ncccc2c1. The van der Waals surface area contributed by atoms with Gasteiger partial charge in [0, 0.05) is 17.3 Å². The summed E-state index contributed by atoms with van der Waals surface area (Å²) in [6.45, 7) is -0.0234. The normalized spacial score (nSPS) is 10.3. The molecule has 9 heteroatoms. The quantitative estimate of drug-likeness (QED) is 0.291. The Morgan fingerprint density at radius 3 is 2.85 bits per heavy atom. The topological polar surface area (TPSA) is 122 Å². The number of primary amides is 1. The molecular formula is C17H15FN6O2. The Morgan fingerprint density at radius 2 is 2.08 bits per heavy atom. The van der Waals surface area contributed by atoms with Crippen LogP contribution in [0.2, 0.25) is 0 Å². The molecule has 0 saturated carbocycles. The Kier molecular flexibility index (Phi) is 4.88. The van der Waals surface area contributed by atoms with E-state index >= 15 is 0 Å². The van der Waals surface area contributed by atoms with Crippen LogP contribution in [-0.4, -0.2) is 29.0 Å². The van der Waals surface area contributed by atoms with Crippen molar-refractivity contribution >= 4 is 40.5 Å². The van der Waals surface area contributed by atoms with Crippen molar-refractivity contribution in [2.45, 2.75) is 0 Å². The molecule has 0 spiro atoms. The molecule has 1 aromatic carbocycles. The smallest absolute Gasteiger partial charge is 0.252 e. The van der Waals surface area contributed by atoms with Gasteiger partial charge in [-0.1, -0.05) is 6.07 Å². The first kappa shape index (κ1) is 17.1. The third-order valence-electron chi connectivity index (χ3n) is 3.55. The van der Waals surface area contributed by atoms with Crippen LogP contribution in [0.4, 0.5) is 21.7 Å². The van der Waals surface area contributed by atoms with Gasteiger partial charge in [0.15, 0.2) is 11.6 Å². The van der Waals surface area contributed by atoms with E-state index in [0.717, 1.165) is 17.0 Å². The van der Waals surface area contributed by atoms with Crippen molar-refractivity contribution in [3.8, 4) is 0 Å². The lowest BCUT2D eigenvalue weighted by Crippen LogP contribution is -2.22. The number of nitrogens with zero attached hydrogens (tertiary/aromatic N) is 2. The number of nitrogens with one attached hydrogen (secondary N) is 3. The summed E-state index contributed by atoms with van der Waals surface area (Å²) in [6.07, 6.45) is 2.15.